The monoisotopic (exact) mass is 684 g/mol. The van der Waals surface area contributed by atoms with E-state index in [9.17, 15) is 14.4 Å². The van der Waals surface area contributed by atoms with E-state index in [1.165, 1.54) is 12.1 Å². The maximum absolute atomic E-state index is 13.3. The van der Waals surface area contributed by atoms with Gasteiger partial charge in [0.15, 0.2) is 11.5 Å². The predicted octanol–water partition coefficient (Wildman–Crippen LogP) is 7.20. The molecule has 0 aromatic heterocycles. The lowest BCUT2D eigenvalue weighted by molar-refractivity contribution is -0.122. The number of nitrogens with zero attached hydrogens (tertiary/aromatic N) is 1. The van der Waals surface area contributed by atoms with Crippen molar-refractivity contribution in [2.45, 2.75) is 20.5 Å². The summed E-state index contributed by atoms with van der Waals surface area (Å²) in [6.07, 6.45) is 1.41. The maximum Gasteiger partial charge on any atom is 0.335 e. The molecule has 0 atom stereocenters. The molecule has 0 unspecified atom stereocenters. The molecule has 7 nitrogen and oxygen atoms in total. The molecule has 4 amide bonds. The smallest absolute Gasteiger partial charge is 0.335 e. The van der Waals surface area contributed by atoms with E-state index in [4.69, 9.17) is 44.3 Å². The van der Waals surface area contributed by atoms with Gasteiger partial charge in [-0.05, 0) is 95.6 Å². The second kappa shape index (κ2) is 11.9. The SMILES string of the molecule is CCOc1cc(/C=C2\C(=O)NC(=O)N(c3cc(Cl)ccc3C)C2=O)cc(I)c1OCc1ccc(Cl)c(Cl)c1. The zero-order chi connectivity index (χ0) is 27.6. The number of hydrogen-bond acceptors (Lipinski definition) is 5. The summed E-state index contributed by atoms with van der Waals surface area (Å²) < 4.78 is 12.5. The van der Waals surface area contributed by atoms with Crippen molar-refractivity contribution in [3.63, 3.8) is 0 Å². The summed E-state index contributed by atoms with van der Waals surface area (Å²) in [6, 6.07) is 12.6. The minimum Gasteiger partial charge on any atom is -0.490 e. The highest BCUT2D eigenvalue weighted by atomic mass is 127. The Morgan fingerprint density at radius 3 is 2.45 bits per heavy atom. The zero-order valence-corrected chi connectivity index (χ0v) is 24.5. The van der Waals surface area contributed by atoms with Crippen LogP contribution < -0.4 is 19.7 Å². The van der Waals surface area contributed by atoms with Gasteiger partial charge in [-0.3, -0.25) is 14.9 Å². The number of benzene rings is 3. The summed E-state index contributed by atoms with van der Waals surface area (Å²) in [4.78, 5) is 39.5. The number of imide groups is 2. The first-order valence-electron chi connectivity index (χ1n) is 11.3. The van der Waals surface area contributed by atoms with Crippen molar-refractivity contribution in [2.24, 2.45) is 0 Å². The van der Waals surface area contributed by atoms with Crippen molar-refractivity contribution in [3.8, 4) is 11.5 Å². The molecule has 0 saturated carbocycles. The van der Waals surface area contributed by atoms with Crippen LogP contribution in [0.1, 0.15) is 23.6 Å². The number of amides is 4. The van der Waals surface area contributed by atoms with E-state index in [1.807, 2.05) is 13.0 Å². The molecule has 196 valence electrons. The van der Waals surface area contributed by atoms with E-state index in [1.54, 1.807) is 43.3 Å². The van der Waals surface area contributed by atoms with Gasteiger partial charge in [-0.1, -0.05) is 46.9 Å². The number of carbonyl (C=O) groups excluding carboxylic acids is 3. The topological polar surface area (TPSA) is 84.9 Å². The molecule has 1 saturated heterocycles. The van der Waals surface area contributed by atoms with Gasteiger partial charge >= 0.3 is 6.03 Å². The van der Waals surface area contributed by atoms with Gasteiger partial charge in [0.25, 0.3) is 11.8 Å². The highest BCUT2D eigenvalue weighted by molar-refractivity contribution is 14.1. The van der Waals surface area contributed by atoms with Gasteiger partial charge in [0.2, 0.25) is 0 Å². The molecule has 11 heteroatoms. The lowest BCUT2D eigenvalue weighted by Crippen LogP contribution is -2.54. The van der Waals surface area contributed by atoms with Crippen LogP contribution in [0.25, 0.3) is 6.08 Å². The number of anilines is 1. The first-order chi connectivity index (χ1) is 18.1. The average molecular weight is 686 g/mol. The molecule has 0 aliphatic carbocycles. The number of carbonyl (C=O) groups is 3. The summed E-state index contributed by atoms with van der Waals surface area (Å²) in [6.45, 7) is 4.13. The fourth-order valence-corrected chi connectivity index (χ4v) is 4.99. The number of hydrogen-bond donors (Lipinski definition) is 1. The fourth-order valence-electron chi connectivity index (χ4n) is 3.73. The standard InChI is InChI=1S/C27H20Cl3IN2O5/c1-3-37-23-11-16(10-21(31)24(23)38-13-15-5-7-19(29)20(30)9-15)8-18-25(34)32-27(36)33(26(18)35)22-12-17(28)6-4-14(22)2/h4-12H,3,13H2,1-2H3,(H,32,34,36)/b18-8+. The van der Waals surface area contributed by atoms with Crippen LogP contribution in [0.15, 0.2) is 54.1 Å². The number of nitrogens with one attached hydrogen (secondary N) is 1. The molecule has 1 fully saturated rings. The predicted molar refractivity (Wildman–Crippen MR) is 156 cm³/mol. The Morgan fingerprint density at radius 1 is 0.974 bits per heavy atom. The second-order valence-electron chi connectivity index (χ2n) is 8.19. The van der Waals surface area contributed by atoms with Crippen LogP contribution >= 0.6 is 57.4 Å². The molecule has 3 aromatic carbocycles. The number of ether oxygens (including phenoxy) is 2. The molecular formula is C27H20Cl3IN2O5. The Morgan fingerprint density at radius 2 is 1.74 bits per heavy atom. The van der Waals surface area contributed by atoms with Gasteiger partial charge in [-0.25, -0.2) is 9.69 Å². The van der Waals surface area contributed by atoms with E-state index < -0.39 is 17.8 Å². The molecule has 4 rings (SSSR count). The number of rotatable bonds is 7. The Kier molecular flexibility index (Phi) is 8.87. The summed E-state index contributed by atoms with van der Waals surface area (Å²) in [5.74, 6) is -0.652. The van der Waals surface area contributed by atoms with Gasteiger partial charge in [0, 0.05) is 5.02 Å². The van der Waals surface area contributed by atoms with Gasteiger partial charge in [-0.2, -0.15) is 0 Å². The van der Waals surface area contributed by atoms with Crippen LogP contribution in [0, 0.1) is 10.5 Å². The highest BCUT2D eigenvalue weighted by Gasteiger charge is 2.37. The third kappa shape index (κ3) is 6.09. The Labute approximate surface area is 247 Å². The second-order valence-corrected chi connectivity index (χ2v) is 10.6. The summed E-state index contributed by atoms with van der Waals surface area (Å²) in [5, 5.41) is 3.44. The number of halogens is 4. The minimum atomic E-state index is -0.849. The van der Waals surface area contributed by atoms with Gasteiger partial charge in [0.05, 0.1) is 25.9 Å². The molecule has 1 heterocycles. The summed E-state index contributed by atoms with van der Waals surface area (Å²) >= 11 is 20.3. The van der Waals surface area contributed by atoms with Gasteiger partial charge in [0.1, 0.15) is 12.2 Å². The Hall–Kier alpha value is -2.79. The minimum absolute atomic E-state index is 0.213. The summed E-state index contributed by atoms with van der Waals surface area (Å²) in [5.41, 5.74) is 2.04. The molecule has 0 spiro atoms. The normalized spacial score (nSPS) is 14.6. The van der Waals surface area contributed by atoms with Crippen molar-refractivity contribution in [1.29, 1.82) is 0 Å². The number of urea groups is 1. The van der Waals surface area contributed by atoms with Gasteiger partial charge < -0.3 is 9.47 Å². The van der Waals surface area contributed by atoms with Crippen molar-refractivity contribution in [2.75, 3.05) is 11.5 Å². The first kappa shape index (κ1) is 28.2. The lowest BCUT2D eigenvalue weighted by atomic mass is 10.1. The van der Waals surface area contributed by atoms with Crippen molar-refractivity contribution >= 4 is 87.0 Å². The van der Waals surface area contributed by atoms with Crippen LogP contribution in [-0.2, 0) is 16.2 Å². The zero-order valence-electron chi connectivity index (χ0n) is 20.1. The highest BCUT2D eigenvalue weighted by Crippen LogP contribution is 2.36. The van der Waals surface area contributed by atoms with E-state index >= 15 is 0 Å². The molecule has 1 N–H and O–H groups in total. The van der Waals surface area contributed by atoms with Crippen molar-refractivity contribution in [3.05, 3.63) is 89.4 Å². The maximum atomic E-state index is 13.3. The molecule has 1 aliphatic heterocycles. The lowest BCUT2D eigenvalue weighted by Gasteiger charge is -2.27. The van der Waals surface area contributed by atoms with E-state index in [0.29, 0.717) is 47.9 Å². The molecule has 0 bridgehead atoms. The fraction of sp³-hybridized carbons (Fsp3) is 0.148. The third-order valence-electron chi connectivity index (χ3n) is 5.52. The third-order valence-corrected chi connectivity index (χ3v) is 7.30. The van der Waals surface area contributed by atoms with Crippen molar-refractivity contribution in [1.82, 2.24) is 5.32 Å². The Bertz CT molecular complexity index is 1490. The molecule has 0 radical (unpaired) electrons. The van der Waals surface area contributed by atoms with Crippen LogP contribution in [0.5, 0.6) is 11.5 Å². The van der Waals surface area contributed by atoms with Gasteiger partial charge in [-0.15, -0.1) is 0 Å². The first-order valence-corrected chi connectivity index (χ1v) is 13.5. The van der Waals surface area contributed by atoms with Crippen LogP contribution in [0.2, 0.25) is 15.1 Å². The summed E-state index contributed by atoms with van der Waals surface area (Å²) in [7, 11) is 0. The molecule has 3 aromatic rings. The van der Waals surface area contributed by atoms with Crippen LogP contribution in [0.4, 0.5) is 10.5 Å². The molecule has 1 aliphatic rings. The van der Waals surface area contributed by atoms with Crippen LogP contribution in [0.3, 0.4) is 0 Å². The molecular weight excluding hydrogens is 666 g/mol. The van der Waals surface area contributed by atoms with E-state index in [2.05, 4.69) is 27.9 Å². The quantitative estimate of drug-likeness (QED) is 0.162. The van der Waals surface area contributed by atoms with Crippen molar-refractivity contribution < 1.29 is 23.9 Å². The van der Waals surface area contributed by atoms with E-state index in [-0.39, 0.29) is 17.9 Å². The average Bonchev–Trinajstić information content (AvgIpc) is 2.85. The molecule has 38 heavy (non-hydrogen) atoms. The Balaban J connectivity index is 1.67. The van der Waals surface area contributed by atoms with Crippen LogP contribution in [-0.4, -0.2) is 24.5 Å². The number of aryl methyl sites for hydroxylation is 1. The largest absolute Gasteiger partial charge is 0.490 e. The van der Waals surface area contributed by atoms with E-state index in [0.717, 1.165) is 10.5 Å². The number of barbiturate groups is 1.